The number of nitrogens with one attached hydrogen (secondary N) is 1. The van der Waals surface area contributed by atoms with E-state index in [2.05, 4.69) is 19.2 Å². The van der Waals surface area contributed by atoms with Crippen LogP contribution < -0.4 is 5.32 Å². The van der Waals surface area contributed by atoms with Crippen molar-refractivity contribution in [3.05, 3.63) is 75.3 Å². The van der Waals surface area contributed by atoms with Crippen molar-refractivity contribution in [3.8, 4) is 0 Å². The van der Waals surface area contributed by atoms with Gasteiger partial charge in [-0.2, -0.15) is 0 Å². The number of carbonyl (C=O) groups is 2. The molecule has 2 aromatic carbocycles. The van der Waals surface area contributed by atoms with Gasteiger partial charge in [0.15, 0.2) is 6.61 Å². The number of hydrogen-bond donors (Lipinski definition) is 1. The van der Waals surface area contributed by atoms with Gasteiger partial charge in [0.25, 0.3) is 11.6 Å². The lowest BCUT2D eigenvalue weighted by Crippen LogP contribution is -2.33. The second-order valence-corrected chi connectivity index (χ2v) is 6.94. The number of rotatable bonds is 8. The van der Waals surface area contributed by atoms with E-state index in [9.17, 15) is 19.7 Å². The lowest BCUT2D eigenvalue weighted by atomic mass is 9.97. The highest BCUT2D eigenvalue weighted by molar-refractivity contribution is 5.93. The van der Waals surface area contributed by atoms with Crippen molar-refractivity contribution in [2.24, 2.45) is 5.92 Å². The van der Waals surface area contributed by atoms with E-state index in [4.69, 9.17) is 4.74 Å². The normalized spacial score (nSPS) is 11.7. The molecule has 1 N–H and O–H groups in total. The molecule has 0 aliphatic carbocycles. The summed E-state index contributed by atoms with van der Waals surface area (Å²) >= 11 is 0. The summed E-state index contributed by atoms with van der Waals surface area (Å²) in [5.74, 6) is -0.831. The van der Waals surface area contributed by atoms with Gasteiger partial charge in [-0.25, -0.2) is 4.79 Å². The lowest BCUT2D eigenvalue weighted by molar-refractivity contribution is -0.385. The highest BCUT2D eigenvalue weighted by Crippen LogP contribution is 2.22. The Morgan fingerprint density at radius 3 is 2.39 bits per heavy atom. The van der Waals surface area contributed by atoms with E-state index >= 15 is 0 Å². The Morgan fingerprint density at radius 1 is 1.11 bits per heavy atom. The molecule has 148 valence electrons. The maximum atomic E-state index is 12.3. The Bertz CT molecular complexity index is 849. The molecule has 0 radical (unpaired) electrons. The summed E-state index contributed by atoms with van der Waals surface area (Å²) in [5, 5.41) is 13.9. The van der Waals surface area contributed by atoms with E-state index in [1.54, 1.807) is 0 Å². The Hall–Kier alpha value is -3.22. The molecule has 0 saturated carbocycles. The summed E-state index contributed by atoms with van der Waals surface area (Å²) in [6.45, 7) is 5.14. The fourth-order valence-corrected chi connectivity index (χ4v) is 2.92. The minimum atomic E-state index is -0.767. The van der Waals surface area contributed by atoms with Gasteiger partial charge >= 0.3 is 5.97 Å². The van der Waals surface area contributed by atoms with Crippen molar-refractivity contribution in [1.82, 2.24) is 5.32 Å². The van der Waals surface area contributed by atoms with Crippen LogP contribution >= 0.6 is 0 Å². The first-order chi connectivity index (χ1) is 13.3. The van der Waals surface area contributed by atoms with E-state index in [0.29, 0.717) is 5.92 Å². The predicted molar refractivity (Wildman–Crippen MR) is 105 cm³/mol. The maximum absolute atomic E-state index is 12.3. The third-order valence-corrected chi connectivity index (χ3v) is 4.30. The van der Waals surface area contributed by atoms with Crippen molar-refractivity contribution < 1.29 is 19.2 Å². The molecule has 2 rings (SSSR count). The number of carbonyl (C=O) groups excluding carboxylic acids is 2. The van der Waals surface area contributed by atoms with E-state index in [1.807, 2.05) is 30.3 Å². The summed E-state index contributed by atoms with van der Waals surface area (Å²) in [6.07, 6.45) is 0.744. The third-order valence-electron chi connectivity index (χ3n) is 4.30. The van der Waals surface area contributed by atoms with E-state index in [1.165, 1.54) is 25.1 Å². The number of benzene rings is 2. The molecule has 1 amide bonds. The lowest BCUT2D eigenvalue weighted by Gasteiger charge is -2.21. The molecule has 7 heteroatoms. The first kappa shape index (κ1) is 21.1. The molecule has 0 aliphatic heterocycles. The van der Waals surface area contributed by atoms with Crippen molar-refractivity contribution >= 4 is 17.6 Å². The number of nitro groups is 1. The molecule has 28 heavy (non-hydrogen) atoms. The fraction of sp³-hybridized carbons (Fsp3) is 0.333. The standard InChI is InChI=1S/C21H24N2O5/c1-14(2)12-18(16-8-5-4-6-9-16)22-20(24)13-28-21(25)17-10-7-11-19(15(17)3)23(26)27/h4-11,14,18H,12-13H2,1-3H3,(H,22,24)/t18-/m0/s1. The van der Waals surface area contributed by atoms with E-state index in [-0.39, 0.29) is 22.9 Å². The molecular formula is C21H24N2O5. The second kappa shape index (κ2) is 9.64. The average Bonchev–Trinajstić information content (AvgIpc) is 2.66. The Morgan fingerprint density at radius 2 is 1.79 bits per heavy atom. The van der Waals surface area contributed by atoms with Gasteiger partial charge in [-0.3, -0.25) is 14.9 Å². The Kier molecular flexibility index (Phi) is 7.26. The van der Waals surface area contributed by atoms with Crippen LogP contribution in [0.25, 0.3) is 0 Å². The van der Waals surface area contributed by atoms with Crippen LogP contribution in [0.5, 0.6) is 0 Å². The summed E-state index contributed by atoms with van der Waals surface area (Å²) in [5.41, 5.74) is 1.09. The number of nitrogens with zero attached hydrogens (tertiary/aromatic N) is 1. The van der Waals surface area contributed by atoms with Crippen molar-refractivity contribution in [2.75, 3.05) is 6.61 Å². The van der Waals surface area contributed by atoms with Crippen molar-refractivity contribution in [2.45, 2.75) is 33.2 Å². The zero-order valence-corrected chi connectivity index (χ0v) is 16.2. The molecule has 0 aliphatic rings. The molecule has 0 spiro atoms. The highest BCUT2D eigenvalue weighted by atomic mass is 16.6. The monoisotopic (exact) mass is 384 g/mol. The Balaban J connectivity index is 2.02. The fourth-order valence-electron chi connectivity index (χ4n) is 2.92. The molecule has 1 atom stereocenters. The molecule has 0 saturated heterocycles. The van der Waals surface area contributed by atoms with Gasteiger partial charge in [0.05, 0.1) is 16.5 Å². The summed E-state index contributed by atoms with van der Waals surface area (Å²) in [6, 6.07) is 13.6. The van der Waals surface area contributed by atoms with Gasteiger partial charge in [0, 0.05) is 11.6 Å². The average molecular weight is 384 g/mol. The number of esters is 1. The van der Waals surface area contributed by atoms with Crippen LogP contribution in [-0.4, -0.2) is 23.4 Å². The molecule has 0 unspecified atom stereocenters. The van der Waals surface area contributed by atoms with Gasteiger partial charge in [-0.1, -0.05) is 50.2 Å². The van der Waals surface area contributed by atoms with Gasteiger partial charge < -0.3 is 10.1 Å². The quantitative estimate of drug-likeness (QED) is 0.422. The van der Waals surface area contributed by atoms with Crippen molar-refractivity contribution in [3.63, 3.8) is 0 Å². The zero-order valence-electron chi connectivity index (χ0n) is 16.2. The van der Waals surface area contributed by atoms with Gasteiger partial charge in [-0.15, -0.1) is 0 Å². The first-order valence-corrected chi connectivity index (χ1v) is 9.05. The summed E-state index contributed by atoms with van der Waals surface area (Å²) in [4.78, 5) is 35.0. The number of amides is 1. The predicted octanol–water partition coefficient (Wildman–Crippen LogP) is 3.96. The van der Waals surface area contributed by atoms with E-state index < -0.39 is 23.4 Å². The summed E-state index contributed by atoms with van der Waals surface area (Å²) < 4.78 is 5.07. The molecule has 0 heterocycles. The van der Waals surface area contributed by atoms with Gasteiger partial charge in [0.2, 0.25) is 0 Å². The molecule has 7 nitrogen and oxygen atoms in total. The largest absolute Gasteiger partial charge is 0.452 e. The van der Waals surface area contributed by atoms with Gasteiger partial charge in [0.1, 0.15) is 0 Å². The minimum Gasteiger partial charge on any atom is -0.452 e. The van der Waals surface area contributed by atoms with Crippen LogP contribution in [0.1, 0.15) is 47.8 Å². The van der Waals surface area contributed by atoms with Crippen LogP contribution in [0, 0.1) is 23.0 Å². The summed E-state index contributed by atoms with van der Waals surface area (Å²) in [7, 11) is 0. The van der Waals surface area contributed by atoms with Crippen molar-refractivity contribution in [1.29, 1.82) is 0 Å². The SMILES string of the molecule is Cc1c(C(=O)OCC(=O)N[C@@H](CC(C)C)c2ccccc2)cccc1[N+](=O)[O-]. The minimum absolute atomic E-state index is 0.0730. The topological polar surface area (TPSA) is 98.5 Å². The number of nitro benzene ring substituents is 1. The van der Waals surface area contributed by atoms with Crippen LogP contribution in [0.2, 0.25) is 0 Å². The smallest absolute Gasteiger partial charge is 0.339 e. The van der Waals surface area contributed by atoms with Gasteiger partial charge in [-0.05, 0) is 30.9 Å². The maximum Gasteiger partial charge on any atom is 0.339 e. The number of hydrogen-bond acceptors (Lipinski definition) is 5. The molecular weight excluding hydrogens is 360 g/mol. The molecule has 2 aromatic rings. The number of ether oxygens (including phenoxy) is 1. The second-order valence-electron chi connectivity index (χ2n) is 6.94. The highest BCUT2D eigenvalue weighted by Gasteiger charge is 2.21. The molecule has 0 bridgehead atoms. The zero-order chi connectivity index (χ0) is 20.7. The van der Waals surface area contributed by atoms with Crippen LogP contribution in [0.4, 0.5) is 5.69 Å². The van der Waals surface area contributed by atoms with Crippen LogP contribution in [0.3, 0.4) is 0 Å². The molecule has 0 aromatic heterocycles. The Labute approximate surface area is 163 Å². The third kappa shape index (κ3) is 5.64. The van der Waals surface area contributed by atoms with Crippen LogP contribution in [0.15, 0.2) is 48.5 Å². The van der Waals surface area contributed by atoms with Crippen LogP contribution in [-0.2, 0) is 9.53 Å². The molecule has 0 fully saturated rings. The van der Waals surface area contributed by atoms with E-state index in [0.717, 1.165) is 12.0 Å². The first-order valence-electron chi connectivity index (χ1n) is 9.05.